The molecule has 0 unspecified atom stereocenters. The number of hydrogen-bond donors (Lipinski definition) is 0. The van der Waals surface area contributed by atoms with Crippen LogP contribution in [0, 0.1) is 0 Å². The molecule has 3 nitrogen and oxygen atoms in total. The van der Waals surface area contributed by atoms with E-state index in [0.29, 0.717) is 6.61 Å². The first-order valence-electron chi connectivity index (χ1n) is 7.42. The Labute approximate surface area is 131 Å². The summed E-state index contributed by atoms with van der Waals surface area (Å²) >= 11 is 0. The number of para-hydroxylation sites is 1. The molecule has 22 heavy (non-hydrogen) atoms. The van der Waals surface area contributed by atoms with Gasteiger partial charge >= 0.3 is 0 Å². The van der Waals surface area contributed by atoms with Crippen molar-refractivity contribution in [2.45, 2.75) is 0 Å². The molecule has 1 heterocycles. The smallest absolute Gasteiger partial charge is 0.127 e. The van der Waals surface area contributed by atoms with Crippen LogP contribution in [0.4, 0.5) is 0 Å². The van der Waals surface area contributed by atoms with E-state index in [1.54, 1.807) is 7.11 Å². The van der Waals surface area contributed by atoms with Crippen LogP contribution in [0.2, 0.25) is 0 Å². The Morgan fingerprint density at radius 2 is 1.91 bits per heavy atom. The summed E-state index contributed by atoms with van der Waals surface area (Å²) in [5, 5.41) is 0. The molecule has 2 aromatic carbocycles. The molecule has 0 atom stereocenters. The number of hydrogen-bond acceptors (Lipinski definition) is 3. The standard InChI is InChI=1S/C19H21NO2/c1-20(2)12-15-13-22-18-10-5-4-9-17(18)19(15)14-7-6-8-16(11-14)21-3/h4-11H,12-13H2,1-3H3. The molecule has 0 aromatic heterocycles. The summed E-state index contributed by atoms with van der Waals surface area (Å²) in [5.74, 6) is 1.82. The topological polar surface area (TPSA) is 21.7 Å². The van der Waals surface area contributed by atoms with E-state index >= 15 is 0 Å². The van der Waals surface area contributed by atoms with Crippen LogP contribution in [0.1, 0.15) is 11.1 Å². The third-order valence-corrected chi connectivity index (χ3v) is 3.78. The van der Waals surface area contributed by atoms with Crippen LogP contribution in [0.25, 0.3) is 5.57 Å². The van der Waals surface area contributed by atoms with E-state index in [1.165, 1.54) is 16.7 Å². The van der Waals surface area contributed by atoms with Crippen molar-refractivity contribution in [3.63, 3.8) is 0 Å². The van der Waals surface area contributed by atoms with Crippen LogP contribution in [0.3, 0.4) is 0 Å². The molecule has 1 aliphatic rings. The fourth-order valence-electron chi connectivity index (χ4n) is 2.87. The minimum Gasteiger partial charge on any atom is -0.497 e. The maximum absolute atomic E-state index is 5.93. The second-order valence-corrected chi connectivity index (χ2v) is 5.73. The molecule has 0 saturated carbocycles. The van der Waals surface area contributed by atoms with Gasteiger partial charge in [-0.05, 0) is 49.0 Å². The maximum atomic E-state index is 5.93. The van der Waals surface area contributed by atoms with Gasteiger partial charge in [0.2, 0.25) is 0 Å². The van der Waals surface area contributed by atoms with Crippen molar-refractivity contribution >= 4 is 5.57 Å². The molecule has 0 radical (unpaired) electrons. The molecule has 0 fully saturated rings. The minimum absolute atomic E-state index is 0.627. The third-order valence-electron chi connectivity index (χ3n) is 3.78. The first kappa shape index (κ1) is 14.7. The van der Waals surface area contributed by atoms with Crippen molar-refractivity contribution < 1.29 is 9.47 Å². The lowest BCUT2D eigenvalue weighted by molar-refractivity contribution is 0.325. The molecule has 0 spiro atoms. The van der Waals surface area contributed by atoms with Crippen molar-refractivity contribution in [3.05, 3.63) is 65.2 Å². The second-order valence-electron chi connectivity index (χ2n) is 5.73. The molecule has 0 N–H and O–H groups in total. The van der Waals surface area contributed by atoms with E-state index in [0.717, 1.165) is 23.6 Å². The van der Waals surface area contributed by atoms with Crippen molar-refractivity contribution in [1.29, 1.82) is 0 Å². The zero-order valence-electron chi connectivity index (χ0n) is 13.3. The summed E-state index contributed by atoms with van der Waals surface area (Å²) in [6.07, 6.45) is 0. The molecule has 3 heteroatoms. The molecule has 1 aliphatic heterocycles. The Hall–Kier alpha value is -2.26. The van der Waals surface area contributed by atoms with E-state index in [2.05, 4.69) is 43.3 Å². The lowest BCUT2D eigenvalue weighted by Gasteiger charge is -2.26. The Bertz CT molecular complexity index is 704. The summed E-state index contributed by atoms with van der Waals surface area (Å²) in [6, 6.07) is 16.5. The molecule has 114 valence electrons. The number of methoxy groups -OCH3 is 1. The first-order chi connectivity index (χ1) is 10.7. The normalized spacial score (nSPS) is 13.8. The van der Waals surface area contributed by atoms with E-state index in [4.69, 9.17) is 9.47 Å². The van der Waals surface area contributed by atoms with Gasteiger partial charge < -0.3 is 14.4 Å². The van der Waals surface area contributed by atoms with Crippen LogP contribution in [0.15, 0.2) is 54.1 Å². The van der Waals surface area contributed by atoms with Crippen molar-refractivity contribution in [1.82, 2.24) is 4.90 Å². The summed E-state index contributed by atoms with van der Waals surface area (Å²) < 4.78 is 11.3. The monoisotopic (exact) mass is 295 g/mol. The SMILES string of the molecule is COc1cccc(C2=C(CN(C)C)COc3ccccc32)c1. The number of ether oxygens (including phenoxy) is 2. The zero-order valence-corrected chi connectivity index (χ0v) is 13.3. The number of fused-ring (bicyclic) bond motifs is 1. The molecule has 0 amide bonds. The molecular weight excluding hydrogens is 274 g/mol. The fraction of sp³-hybridized carbons (Fsp3) is 0.263. The third kappa shape index (κ3) is 2.85. The van der Waals surface area contributed by atoms with E-state index in [-0.39, 0.29) is 0 Å². The van der Waals surface area contributed by atoms with Crippen LogP contribution < -0.4 is 9.47 Å². The highest BCUT2D eigenvalue weighted by Gasteiger charge is 2.21. The van der Waals surface area contributed by atoms with Gasteiger partial charge in [0.05, 0.1) is 7.11 Å². The predicted molar refractivity (Wildman–Crippen MR) is 89.5 cm³/mol. The van der Waals surface area contributed by atoms with Crippen molar-refractivity contribution in [3.8, 4) is 11.5 Å². The van der Waals surface area contributed by atoms with Crippen LogP contribution in [-0.4, -0.2) is 39.3 Å². The van der Waals surface area contributed by atoms with Crippen molar-refractivity contribution in [2.24, 2.45) is 0 Å². The number of nitrogens with zero attached hydrogens (tertiary/aromatic N) is 1. The van der Waals surface area contributed by atoms with Gasteiger partial charge in [0.15, 0.2) is 0 Å². The van der Waals surface area contributed by atoms with Gasteiger partial charge in [-0.15, -0.1) is 0 Å². The van der Waals surface area contributed by atoms with Crippen LogP contribution >= 0.6 is 0 Å². The first-order valence-corrected chi connectivity index (χ1v) is 7.42. The molecule has 3 rings (SSSR count). The molecule has 0 bridgehead atoms. The Morgan fingerprint density at radius 1 is 1.09 bits per heavy atom. The Kier molecular flexibility index (Phi) is 4.16. The summed E-state index contributed by atoms with van der Waals surface area (Å²) in [6.45, 7) is 1.50. The molecule has 0 aliphatic carbocycles. The summed E-state index contributed by atoms with van der Waals surface area (Å²) in [7, 11) is 5.86. The van der Waals surface area contributed by atoms with Gasteiger partial charge in [-0.3, -0.25) is 0 Å². The van der Waals surface area contributed by atoms with Gasteiger partial charge in [-0.25, -0.2) is 0 Å². The number of rotatable bonds is 4. The van der Waals surface area contributed by atoms with E-state index < -0.39 is 0 Å². The van der Waals surface area contributed by atoms with E-state index in [9.17, 15) is 0 Å². The van der Waals surface area contributed by atoms with Gasteiger partial charge in [0, 0.05) is 12.1 Å². The summed E-state index contributed by atoms with van der Waals surface area (Å²) in [4.78, 5) is 2.17. The highest BCUT2D eigenvalue weighted by Crippen LogP contribution is 2.38. The Morgan fingerprint density at radius 3 is 2.68 bits per heavy atom. The predicted octanol–water partition coefficient (Wildman–Crippen LogP) is 3.45. The van der Waals surface area contributed by atoms with Crippen LogP contribution in [-0.2, 0) is 0 Å². The lowest BCUT2D eigenvalue weighted by Crippen LogP contribution is -2.23. The van der Waals surface area contributed by atoms with Gasteiger partial charge in [0.1, 0.15) is 18.1 Å². The summed E-state index contributed by atoms with van der Waals surface area (Å²) in [5.41, 5.74) is 4.87. The van der Waals surface area contributed by atoms with Crippen molar-refractivity contribution in [2.75, 3.05) is 34.4 Å². The second kappa shape index (κ2) is 6.24. The highest BCUT2D eigenvalue weighted by atomic mass is 16.5. The molecule has 2 aromatic rings. The zero-order chi connectivity index (χ0) is 15.5. The largest absolute Gasteiger partial charge is 0.497 e. The van der Waals surface area contributed by atoms with Gasteiger partial charge in [-0.1, -0.05) is 30.3 Å². The van der Waals surface area contributed by atoms with Gasteiger partial charge in [0.25, 0.3) is 0 Å². The Balaban J connectivity index is 2.17. The molecular formula is C19H21NO2. The quantitative estimate of drug-likeness (QED) is 0.862. The van der Waals surface area contributed by atoms with E-state index in [1.807, 2.05) is 24.3 Å². The van der Waals surface area contributed by atoms with Crippen LogP contribution in [0.5, 0.6) is 11.5 Å². The average molecular weight is 295 g/mol. The fourth-order valence-corrected chi connectivity index (χ4v) is 2.87. The lowest BCUT2D eigenvalue weighted by atomic mass is 9.90. The number of likely N-dealkylation sites (N-methyl/N-ethyl adjacent to an activating group) is 1. The average Bonchev–Trinajstić information content (AvgIpc) is 2.54. The molecule has 0 saturated heterocycles. The van der Waals surface area contributed by atoms with Gasteiger partial charge in [-0.2, -0.15) is 0 Å². The number of benzene rings is 2. The maximum Gasteiger partial charge on any atom is 0.127 e. The highest BCUT2D eigenvalue weighted by molar-refractivity contribution is 5.86. The minimum atomic E-state index is 0.627.